The molecule has 2 aromatic rings. The van der Waals surface area contributed by atoms with Crippen LogP contribution in [0.15, 0.2) is 54.6 Å². The Kier molecular flexibility index (Phi) is 8.03. The Morgan fingerprint density at radius 1 is 1.07 bits per heavy atom. The zero-order valence-electron chi connectivity index (χ0n) is 18.1. The van der Waals surface area contributed by atoms with Gasteiger partial charge in [-0.25, -0.2) is 4.79 Å². The van der Waals surface area contributed by atoms with E-state index in [0.29, 0.717) is 11.3 Å². The van der Waals surface area contributed by atoms with Crippen LogP contribution in [0.2, 0.25) is 0 Å². The third kappa shape index (κ3) is 6.17. The number of benzene rings is 2. The summed E-state index contributed by atoms with van der Waals surface area (Å²) < 4.78 is 0. The second-order valence-electron chi connectivity index (χ2n) is 8.11. The Morgan fingerprint density at radius 3 is 2.47 bits per heavy atom. The summed E-state index contributed by atoms with van der Waals surface area (Å²) in [7, 11) is 0. The molecule has 1 saturated heterocycles. The van der Waals surface area contributed by atoms with Crippen molar-refractivity contribution in [3.05, 3.63) is 65.7 Å². The normalized spacial score (nSPS) is 15.0. The van der Waals surface area contributed by atoms with Crippen molar-refractivity contribution >= 4 is 17.5 Å². The minimum Gasteiger partial charge on any atom is -0.321 e. The van der Waals surface area contributed by atoms with Crippen LogP contribution in [0.4, 0.5) is 10.5 Å². The van der Waals surface area contributed by atoms with Gasteiger partial charge in [0.2, 0.25) is 0 Å². The fourth-order valence-electron chi connectivity index (χ4n) is 4.02. The summed E-state index contributed by atoms with van der Waals surface area (Å²) >= 11 is 0. The zero-order chi connectivity index (χ0) is 21.3. The lowest BCUT2D eigenvalue weighted by Crippen LogP contribution is -2.49. The highest BCUT2D eigenvalue weighted by atomic mass is 16.2. The van der Waals surface area contributed by atoms with E-state index >= 15 is 0 Å². The van der Waals surface area contributed by atoms with Gasteiger partial charge in [-0.2, -0.15) is 0 Å². The number of anilines is 1. The Balaban J connectivity index is 1.60. The van der Waals surface area contributed by atoms with E-state index in [0.717, 1.165) is 51.9 Å². The molecule has 0 spiro atoms. The molecular weight excluding hydrogens is 374 g/mol. The van der Waals surface area contributed by atoms with Crippen molar-refractivity contribution in [3.8, 4) is 0 Å². The average molecular weight is 408 g/mol. The lowest BCUT2D eigenvalue weighted by molar-refractivity contribution is 0.101. The van der Waals surface area contributed by atoms with Crippen LogP contribution < -0.4 is 5.32 Å². The molecule has 0 aliphatic carbocycles. The van der Waals surface area contributed by atoms with Gasteiger partial charge in [0, 0.05) is 43.5 Å². The van der Waals surface area contributed by atoms with Crippen molar-refractivity contribution in [2.24, 2.45) is 0 Å². The molecule has 1 N–H and O–H groups in total. The molecule has 0 aromatic heterocycles. The van der Waals surface area contributed by atoms with Gasteiger partial charge in [0.15, 0.2) is 5.78 Å². The number of nitrogens with one attached hydrogen (secondary N) is 1. The highest BCUT2D eigenvalue weighted by Crippen LogP contribution is 2.21. The van der Waals surface area contributed by atoms with E-state index in [1.54, 1.807) is 12.1 Å². The maximum atomic E-state index is 13.1. The number of nitrogens with zero attached hydrogens (tertiary/aromatic N) is 2. The number of ketones is 1. The smallest absolute Gasteiger partial charge is 0.321 e. The topological polar surface area (TPSA) is 52.7 Å². The number of hydrogen-bond donors (Lipinski definition) is 1. The summed E-state index contributed by atoms with van der Waals surface area (Å²) in [6.45, 7) is 7.40. The second kappa shape index (κ2) is 10.9. The summed E-state index contributed by atoms with van der Waals surface area (Å²) in [6.07, 6.45) is 4.01. The minimum absolute atomic E-state index is 0.000254. The predicted octanol–water partition coefficient (Wildman–Crippen LogP) is 5.19. The van der Waals surface area contributed by atoms with Crippen LogP contribution in [0.5, 0.6) is 0 Å². The van der Waals surface area contributed by atoms with Crippen molar-refractivity contribution < 1.29 is 9.59 Å². The number of piperidine rings is 1. The number of hydrogen-bond acceptors (Lipinski definition) is 3. The zero-order valence-corrected chi connectivity index (χ0v) is 18.1. The van der Waals surface area contributed by atoms with E-state index in [2.05, 4.69) is 41.4 Å². The maximum Gasteiger partial charge on any atom is 0.322 e. The van der Waals surface area contributed by atoms with Crippen LogP contribution in [0, 0.1) is 0 Å². The summed E-state index contributed by atoms with van der Waals surface area (Å²) in [4.78, 5) is 29.2. The van der Waals surface area contributed by atoms with E-state index in [-0.39, 0.29) is 17.9 Å². The second-order valence-corrected chi connectivity index (χ2v) is 8.11. The van der Waals surface area contributed by atoms with E-state index in [1.807, 2.05) is 23.1 Å². The molecule has 1 fully saturated rings. The van der Waals surface area contributed by atoms with Crippen molar-refractivity contribution in [3.63, 3.8) is 0 Å². The number of Topliss-reactive ketones (excluding diaryl/α,β-unsaturated/α-hetero) is 1. The SMILES string of the molecule is CCCCN(C(=O)Nc1cccc(C(C)=O)c1)C1CCN(Cc2ccccc2)CC1. The first-order valence-corrected chi connectivity index (χ1v) is 11.0. The van der Waals surface area contributed by atoms with E-state index in [1.165, 1.54) is 12.5 Å². The molecule has 5 heteroatoms. The minimum atomic E-state index is -0.0642. The van der Waals surface area contributed by atoms with Crippen LogP contribution in [0.1, 0.15) is 55.5 Å². The molecule has 1 heterocycles. The first-order chi connectivity index (χ1) is 14.6. The lowest BCUT2D eigenvalue weighted by atomic mass is 10.0. The van der Waals surface area contributed by atoms with Gasteiger partial charge >= 0.3 is 6.03 Å². The number of urea groups is 1. The molecule has 1 aliphatic rings. The molecule has 5 nitrogen and oxygen atoms in total. The highest BCUT2D eigenvalue weighted by Gasteiger charge is 2.27. The van der Waals surface area contributed by atoms with E-state index < -0.39 is 0 Å². The molecule has 0 bridgehead atoms. The molecule has 1 aliphatic heterocycles. The standard InChI is InChI=1S/C25H33N3O2/c1-3-4-15-28(25(30)26-23-12-8-11-22(18-23)20(2)29)24-13-16-27(17-14-24)19-21-9-6-5-7-10-21/h5-12,18,24H,3-4,13-17,19H2,1-2H3,(H,26,30). The number of rotatable bonds is 8. The quantitative estimate of drug-likeness (QED) is 0.613. The van der Waals surface area contributed by atoms with Crippen molar-refractivity contribution in [1.82, 2.24) is 9.80 Å². The number of amides is 2. The summed E-state index contributed by atoms with van der Waals surface area (Å²) in [5.74, 6) is -0.000254. The molecule has 2 amide bonds. The molecule has 30 heavy (non-hydrogen) atoms. The molecule has 3 rings (SSSR count). The van der Waals surface area contributed by atoms with Crippen molar-refractivity contribution in [1.29, 1.82) is 0 Å². The van der Waals surface area contributed by atoms with Gasteiger partial charge in [-0.1, -0.05) is 55.8 Å². The Bertz CT molecular complexity index is 829. The third-order valence-electron chi connectivity index (χ3n) is 5.78. The largest absolute Gasteiger partial charge is 0.322 e. The van der Waals surface area contributed by atoms with Gasteiger partial charge in [0.1, 0.15) is 0 Å². The molecule has 0 saturated carbocycles. The van der Waals surface area contributed by atoms with Gasteiger partial charge in [0.05, 0.1) is 0 Å². The molecule has 0 atom stereocenters. The molecule has 2 aromatic carbocycles. The molecule has 0 radical (unpaired) electrons. The van der Waals surface area contributed by atoms with Gasteiger partial charge in [-0.3, -0.25) is 9.69 Å². The van der Waals surface area contributed by atoms with Crippen LogP contribution in [0.25, 0.3) is 0 Å². The van der Waals surface area contributed by atoms with Crippen LogP contribution >= 0.6 is 0 Å². The van der Waals surface area contributed by atoms with Crippen LogP contribution in [-0.2, 0) is 6.54 Å². The molecule has 160 valence electrons. The van der Waals surface area contributed by atoms with Gasteiger partial charge in [0.25, 0.3) is 0 Å². The average Bonchev–Trinajstić information content (AvgIpc) is 2.76. The predicted molar refractivity (Wildman–Crippen MR) is 122 cm³/mol. The van der Waals surface area contributed by atoms with Crippen molar-refractivity contribution in [2.45, 2.75) is 52.1 Å². The Hall–Kier alpha value is -2.66. The molecule has 0 unspecified atom stereocenters. The van der Waals surface area contributed by atoms with Gasteiger partial charge < -0.3 is 10.2 Å². The monoisotopic (exact) mass is 407 g/mol. The fourth-order valence-corrected chi connectivity index (χ4v) is 4.02. The number of unbranched alkanes of at least 4 members (excludes halogenated alkanes) is 1. The fraction of sp³-hybridized carbons (Fsp3) is 0.440. The van der Waals surface area contributed by atoms with Gasteiger partial charge in [-0.15, -0.1) is 0 Å². The lowest BCUT2D eigenvalue weighted by Gasteiger charge is -2.38. The Morgan fingerprint density at radius 2 is 1.80 bits per heavy atom. The highest BCUT2D eigenvalue weighted by molar-refractivity contribution is 5.96. The number of likely N-dealkylation sites (tertiary alicyclic amines) is 1. The molecular formula is C25H33N3O2. The van der Waals surface area contributed by atoms with Gasteiger partial charge in [-0.05, 0) is 43.9 Å². The first-order valence-electron chi connectivity index (χ1n) is 11.0. The number of carbonyl (C=O) groups excluding carboxylic acids is 2. The van der Waals surface area contributed by atoms with Crippen LogP contribution in [-0.4, -0.2) is 47.3 Å². The summed E-state index contributed by atoms with van der Waals surface area (Å²) in [6, 6.07) is 17.9. The first kappa shape index (κ1) is 22.0. The van der Waals surface area contributed by atoms with E-state index in [4.69, 9.17) is 0 Å². The maximum absolute atomic E-state index is 13.1. The number of carbonyl (C=O) groups is 2. The van der Waals surface area contributed by atoms with Crippen LogP contribution in [0.3, 0.4) is 0 Å². The summed E-state index contributed by atoms with van der Waals surface area (Å²) in [5, 5.41) is 3.02. The van der Waals surface area contributed by atoms with Crippen molar-refractivity contribution in [2.75, 3.05) is 25.0 Å². The van der Waals surface area contributed by atoms with E-state index in [9.17, 15) is 9.59 Å². The summed E-state index contributed by atoms with van der Waals surface area (Å²) in [5.41, 5.74) is 2.62. The third-order valence-corrected chi connectivity index (χ3v) is 5.78. The Labute approximate surface area is 180 Å².